The van der Waals surface area contributed by atoms with Gasteiger partial charge in [0.15, 0.2) is 5.60 Å². The molecule has 0 aliphatic rings. The monoisotopic (exact) mass is 335 g/mol. The van der Waals surface area contributed by atoms with E-state index < -0.39 is 18.3 Å². The van der Waals surface area contributed by atoms with Gasteiger partial charge >= 0.3 is 6.18 Å². The summed E-state index contributed by atoms with van der Waals surface area (Å²) < 4.78 is 40.1. The molecule has 0 spiro atoms. The zero-order valence-corrected chi connectivity index (χ0v) is 12.6. The molecule has 0 saturated carbocycles. The van der Waals surface area contributed by atoms with E-state index in [9.17, 15) is 18.3 Å². The molecule has 3 N–H and O–H groups in total. The lowest BCUT2D eigenvalue weighted by Crippen LogP contribution is -2.49. The largest absolute Gasteiger partial charge is 0.422 e. The van der Waals surface area contributed by atoms with Gasteiger partial charge in [0.05, 0.1) is 11.7 Å². The predicted molar refractivity (Wildman–Crippen MR) is 84.2 cm³/mol. The standard InChI is InChI=1S/C17H16F3N3O/c18-17(19,20)16(24,14-4-2-1-3-5-14)11-21-9-12-6-7-13-10-22-23-15(13)8-12/h1-8,10,21,24H,9,11H2,(H,22,23). The molecule has 7 heteroatoms. The number of alkyl halides is 3. The zero-order chi connectivity index (χ0) is 17.2. The van der Waals surface area contributed by atoms with Crippen LogP contribution in [0.3, 0.4) is 0 Å². The smallest absolute Gasteiger partial charge is 0.375 e. The Kier molecular flexibility index (Phi) is 4.29. The van der Waals surface area contributed by atoms with E-state index in [1.807, 2.05) is 12.1 Å². The van der Waals surface area contributed by atoms with Gasteiger partial charge in [-0.05, 0) is 17.2 Å². The Morgan fingerprint density at radius 2 is 1.83 bits per heavy atom. The maximum Gasteiger partial charge on any atom is 0.422 e. The quantitative estimate of drug-likeness (QED) is 0.671. The lowest BCUT2D eigenvalue weighted by atomic mass is 9.93. The molecule has 0 saturated heterocycles. The van der Waals surface area contributed by atoms with Crippen LogP contribution >= 0.6 is 0 Å². The van der Waals surface area contributed by atoms with E-state index in [1.54, 1.807) is 18.3 Å². The fraction of sp³-hybridized carbons (Fsp3) is 0.235. The average Bonchev–Trinajstić information content (AvgIpc) is 3.02. The topological polar surface area (TPSA) is 60.9 Å². The van der Waals surface area contributed by atoms with Crippen LogP contribution in [0.25, 0.3) is 10.9 Å². The van der Waals surface area contributed by atoms with Crippen molar-refractivity contribution >= 4 is 10.9 Å². The van der Waals surface area contributed by atoms with E-state index in [0.717, 1.165) is 16.5 Å². The van der Waals surface area contributed by atoms with Crippen molar-refractivity contribution in [2.45, 2.75) is 18.3 Å². The average molecular weight is 335 g/mol. The fourth-order valence-electron chi connectivity index (χ4n) is 2.56. The third kappa shape index (κ3) is 3.13. The maximum atomic E-state index is 13.4. The van der Waals surface area contributed by atoms with Crippen LogP contribution in [0.5, 0.6) is 0 Å². The van der Waals surface area contributed by atoms with Crippen molar-refractivity contribution in [2.24, 2.45) is 0 Å². The Balaban J connectivity index is 1.74. The summed E-state index contributed by atoms with van der Waals surface area (Å²) in [6, 6.07) is 12.5. The Labute approximate surface area is 136 Å². The number of aromatic nitrogens is 2. The Bertz CT molecular complexity index is 817. The van der Waals surface area contributed by atoms with Gasteiger partial charge in [-0.15, -0.1) is 0 Å². The molecule has 4 nitrogen and oxygen atoms in total. The molecule has 126 valence electrons. The number of hydrogen-bond acceptors (Lipinski definition) is 3. The summed E-state index contributed by atoms with van der Waals surface area (Å²) in [7, 11) is 0. The Morgan fingerprint density at radius 1 is 1.08 bits per heavy atom. The van der Waals surface area contributed by atoms with Crippen molar-refractivity contribution in [1.82, 2.24) is 15.5 Å². The number of benzene rings is 2. The van der Waals surface area contributed by atoms with Crippen molar-refractivity contribution in [3.05, 3.63) is 65.9 Å². The summed E-state index contributed by atoms with van der Waals surface area (Å²) in [5.74, 6) is 0. The molecule has 0 bridgehead atoms. The van der Waals surface area contributed by atoms with Crippen molar-refractivity contribution in [2.75, 3.05) is 6.54 Å². The van der Waals surface area contributed by atoms with Crippen LogP contribution in [-0.4, -0.2) is 28.0 Å². The van der Waals surface area contributed by atoms with Gasteiger partial charge in [-0.3, -0.25) is 5.10 Å². The number of aliphatic hydroxyl groups is 1. The van der Waals surface area contributed by atoms with Crippen LogP contribution < -0.4 is 5.32 Å². The minimum atomic E-state index is -4.78. The van der Waals surface area contributed by atoms with Crippen LogP contribution in [0.2, 0.25) is 0 Å². The van der Waals surface area contributed by atoms with Gasteiger partial charge in [-0.2, -0.15) is 18.3 Å². The highest BCUT2D eigenvalue weighted by Crippen LogP contribution is 2.38. The number of rotatable bonds is 5. The van der Waals surface area contributed by atoms with E-state index in [1.165, 1.54) is 24.3 Å². The second kappa shape index (κ2) is 6.26. The first-order valence-corrected chi connectivity index (χ1v) is 7.37. The van der Waals surface area contributed by atoms with Gasteiger partial charge in [0, 0.05) is 18.5 Å². The lowest BCUT2D eigenvalue weighted by molar-refractivity contribution is -0.264. The molecule has 1 heterocycles. The molecule has 2 aromatic carbocycles. The number of fused-ring (bicyclic) bond motifs is 1. The molecule has 0 amide bonds. The molecular formula is C17H16F3N3O. The van der Waals surface area contributed by atoms with Gasteiger partial charge in [0.2, 0.25) is 0 Å². The zero-order valence-electron chi connectivity index (χ0n) is 12.6. The number of hydrogen-bond donors (Lipinski definition) is 3. The van der Waals surface area contributed by atoms with Crippen LogP contribution in [0.1, 0.15) is 11.1 Å². The molecule has 3 rings (SSSR count). The second-order valence-corrected chi connectivity index (χ2v) is 5.62. The fourth-order valence-corrected chi connectivity index (χ4v) is 2.56. The van der Waals surface area contributed by atoms with Gasteiger partial charge in [0.25, 0.3) is 0 Å². The Morgan fingerprint density at radius 3 is 2.54 bits per heavy atom. The molecule has 24 heavy (non-hydrogen) atoms. The highest BCUT2D eigenvalue weighted by Gasteiger charge is 2.54. The van der Waals surface area contributed by atoms with Crippen LogP contribution in [0, 0.1) is 0 Å². The lowest BCUT2D eigenvalue weighted by Gasteiger charge is -2.31. The minimum absolute atomic E-state index is 0.186. The molecule has 0 fully saturated rings. The number of aromatic amines is 1. The number of halogens is 3. The molecule has 0 aliphatic heterocycles. The first-order valence-electron chi connectivity index (χ1n) is 7.37. The summed E-state index contributed by atoms with van der Waals surface area (Å²) in [4.78, 5) is 0. The van der Waals surface area contributed by atoms with Crippen LogP contribution in [0.15, 0.2) is 54.7 Å². The van der Waals surface area contributed by atoms with Gasteiger partial charge < -0.3 is 10.4 Å². The molecule has 0 aliphatic carbocycles. The van der Waals surface area contributed by atoms with E-state index >= 15 is 0 Å². The summed E-state index contributed by atoms with van der Waals surface area (Å²) in [6.07, 6.45) is -3.11. The van der Waals surface area contributed by atoms with Crippen LogP contribution in [-0.2, 0) is 12.1 Å². The van der Waals surface area contributed by atoms with Gasteiger partial charge in [0.1, 0.15) is 0 Å². The predicted octanol–water partition coefficient (Wildman–Crippen LogP) is 3.10. The number of nitrogens with one attached hydrogen (secondary N) is 2. The normalized spacial score (nSPS) is 14.7. The molecule has 1 aromatic heterocycles. The third-order valence-electron chi connectivity index (χ3n) is 3.94. The summed E-state index contributed by atoms with van der Waals surface area (Å²) in [6.45, 7) is -0.443. The van der Waals surface area contributed by atoms with E-state index in [2.05, 4.69) is 15.5 Å². The summed E-state index contributed by atoms with van der Waals surface area (Å²) in [5, 5.41) is 20.6. The molecule has 1 atom stereocenters. The van der Waals surface area contributed by atoms with Crippen molar-refractivity contribution in [1.29, 1.82) is 0 Å². The van der Waals surface area contributed by atoms with Gasteiger partial charge in [-0.1, -0.05) is 42.5 Å². The van der Waals surface area contributed by atoms with Crippen LogP contribution in [0.4, 0.5) is 13.2 Å². The summed E-state index contributed by atoms with van der Waals surface area (Å²) in [5.41, 5.74) is -1.52. The highest BCUT2D eigenvalue weighted by atomic mass is 19.4. The van der Waals surface area contributed by atoms with Crippen molar-refractivity contribution < 1.29 is 18.3 Å². The highest BCUT2D eigenvalue weighted by molar-refractivity contribution is 5.78. The summed E-state index contributed by atoms with van der Waals surface area (Å²) >= 11 is 0. The second-order valence-electron chi connectivity index (χ2n) is 5.62. The molecule has 0 radical (unpaired) electrons. The van der Waals surface area contributed by atoms with E-state index in [-0.39, 0.29) is 12.1 Å². The van der Waals surface area contributed by atoms with E-state index in [4.69, 9.17) is 0 Å². The molecule has 3 aromatic rings. The molecule has 1 unspecified atom stereocenters. The van der Waals surface area contributed by atoms with Crippen molar-refractivity contribution in [3.63, 3.8) is 0 Å². The number of H-pyrrole nitrogens is 1. The first-order chi connectivity index (χ1) is 11.4. The van der Waals surface area contributed by atoms with E-state index in [0.29, 0.717) is 0 Å². The maximum absolute atomic E-state index is 13.4. The third-order valence-corrected chi connectivity index (χ3v) is 3.94. The van der Waals surface area contributed by atoms with Crippen molar-refractivity contribution in [3.8, 4) is 0 Å². The Hall–Kier alpha value is -2.38. The minimum Gasteiger partial charge on any atom is -0.375 e. The van der Waals surface area contributed by atoms with Gasteiger partial charge in [-0.25, -0.2) is 0 Å². The number of nitrogens with zero attached hydrogens (tertiary/aromatic N) is 1. The molecular weight excluding hydrogens is 319 g/mol. The first kappa shape index (κ1) is 16.5. The SMILES string of the molecule is OC(CNCc1ccc2cn[nH]c2c1)(c1ccccc1)C(F)(F)F.